The molecule has 8 heteroatoms. The van der Waals surface area contributed by atoms with Crippen LogP contribution in [0.4, 0.5) is 14.9 Å². The van der Waals surface area contributed by atoms with Gasteiger partial charge in [0.15, 0.2) is 0 Å². The molecular weight excluding hydrogens is 441 g/mol. The first-order valence-electron chi connectivity index (χ1n) is 10.3. The van der Waals surface area contributed by atoms with E-state index in [1.165, 1.54) is 12.1 Å². The summed E-state index contributed by atoms with van der Waals surface area (Å²) in [5.74, 6) is -1.27. The number of benzene rings is 2. The van der Waals surface area contributed by atoms with Crippen LogP contribution in [0.25, 0.3) is 11.8 Å². The molecule has 0 unspecified atom stereocenters. The van der Waals surface area contributed by atoms with Crippen LogP contribution in [0.2, 0.25) is 0 Å². The summed E-state index contributed by atoms with van der Waals surface area (Å²) in [6.07, 6.45) is 1.66. The maximum Gasteiger partial charge on any atom is 0.294 e. The summed E-state index contributed by atoms with van der Waals surface area (Å²) in [6.45, 7) is 5.39. The molecule has 33 heavy (non-hydrogen) atoms. The lowest BCUT2D eigenvalue weighted by Crippen LogP contribution is -2.36. The molecule has 0 aliphatic carbocycles. The Bertz CT molecular complexity index is 1280. The highest BCUT2D eigenvalue weighted by molar-refractivity contribution is 8.18. The van der Waals surface area contributed by atoms with Gasteiger partial charge in [-0.25, -0.2) is 4.39 Å². The fourth-order valence-corrected chi connectivity index (χ4v) is 4.51. The molecule has 1 aromatic heterocycles. The first kappa shape index (κ1) is 22.5. The normalized spacial score (nSPS) is 14.9. The van der Waals surface area contributed by atoms with E-state index >= 15 is 0 Å². The third-order valence-electron chi connectivity index (χ3n) is 5.35. The molecular formula is C25H22FN3O3S. The number of anilines is 1. The van der Waals surface area contributed by atoms with E-state index in [1.807, 2.05) is 43.5 Å². The molecule has 0 radical (unpaired) electrons. The summed E-state index contributed by atoms with van der Waals surface area (Å²) in [7, 11) is 0. The Morgan fingerprint density at radius 2 is 1.70 bits per heavy atom. The first-order valence-corrected chi connectivity index (χ1v) is 11.1. The number of aromatic nitrogens is 1. The van der Waals surface area contributed by atoms with Crippen LogP contribution in [0.15, 0.2) is 59.5 Å². The zero-order chi connectivity index (χ0) is 23.7. The maximum absolute atomic E-state index is 13.3. The number of rotatable bonds is 5. The lowest BCUT2D eigenvalue weighted by Gasteiger charge is -2.12. The SMILES string of the molecule is Cc1ccc(NC(=O)CN2C(=O)S/C(=C\c3cc(C)n(-c4ccc(F)cc4)c3C)C2=O)cc1. The van der Waals surface area contributed by atoms with Crippen molar-refractivity contribution in [3.05, 3.63) is 87.8 Å². The third kappa shape index (κ3) is 4.75. The number of aryl methyl sites for hydroxylation is 2. The van der Waals surface area contributed by atoms with Gasteiger partial charge in [0.25, 0.3) is 11.1 Å². The molecule has 0 saturated carbocycles. The van der Waals surface area contributed by atoms with Crippen LogP contribution in [0.1, 0.15) is 22.5 Å². The Labute approximate surface area is 195 Å². The molecule has 1 aliphatic heterocycles. The fourth-order valence-electron chi connectivity index (χ4n) is 3.68. The second-order valence-electron chi connectivity index (χ2n) is 7.82. The third-order valence-corrected chi connectivity index (χ3v) is 6.26. The van der Waals surface area contributed by atoms with Gasteiger partial charge in [0.2, 0.25) is 5.91 Å². The van der Waals surface area contributed by atoms with Crippen molar-refractivity contribution in [1.82, 2.24) is 9.47 Å². The van der Waals surface area contributed by atoms with E-state index < -0.39 is 17.1 Å². The molecule has 1 N–H and O–H groups in total. The Kier molecular flexibility index (Phi) is 6.20. The molecule has 0 atom stereocenters. The second-order valence-corrected chi connectivity index (χ2v) is 8.81. The highest BCUT2D eigenvalue weighted by atomic mass is 32.2. The lowest BCUT2D eigenvalue weighted by molar-refractivity contribution is -0.127. The second kappa shape index (κ2) is 9.07. The zero-order valence-corrected chi connectivity index (χ0v) is 19.2. The highest BCUT2D eigenvalue weighted by Crippen LogP contribution is 2.33. The van der Waals surface area contributed by atoms with E-state index in [1.54, 1.807) is 30.3 Å². The van der Waals surface area contributed by atoms with Gasteiger partial charge in [-0.15, -0.1) is 0 Å². The topological polar surface area (TPSA) is 71.4 Å². The summed E-state index contributed by atoms with van der Waals surface area (Å²) >= 11 is 0.808. The van der Waals surface area contributed by atoms with E-state index in [9.17, 15) is 18.8 Å². The van der Waals surface area contributed by atoms with Crippen molar-refractivity contribution >= 4 is 40.6 Å². The Balaban J connectivity index is 1.52. The maximum atomic E-state index is 13.3. The van der Waals surface area contributed by atoms with Crippen LogP contribution in [-0.2, 0) is 9.59 Å². The van der Waals surface area contributed by atoms with Gasteiger partial charge in [-0.2, -0.15) is 0 Å². The minimum atomic E-state index is -0.504. The number of nitrogens with one attached hydrogen (secondary N) is 1. The van der Waals surface area contributed by atoms with Crippen molar-refractivity contribution in [3.8, 4) is 5.69 Å². The summed E-state index contributed by atoms with van der Waals surface area (Å²) in [5, 5.41) is 2.21. The van der Waals surface area contributed by atoms with Gasteiger partial charge in [0.1, 0.15) is 12.4 Å². The zero-order valence-electron chi connectivity index (χ0n) is 18.4. The molecule has 6 nitrogen and oxygen atoms in total. The number of amides is 3. The number of hydrogen-bond acceptors (Lipinski definition) is 4. The van der Waals surface area contributed by atoms with Gasteiger partial charge >= 0.3 is 0 Å². The molecule has 1 fully saturated rings. The number of imide groups is 1. The van der Waals surface area contributed by atoms with Crippen molar-refractivity contribution in [1.29, 1.82) is 0 Å². The number of carbonyl (C=O) groups excluding carboxylic acids is 3. The Hall–Kier alpha value is -3.65. The van der Waals surface area contributed by atoms with Crippen LogP contribution in [-0.4, -0.2) is 33.1 Å². The van der Waals surface area contributed by atoms with Crippen LogP contribution >= 0.6 is 11.8 Å². The van der Waals surface area contributed by atoms with Gasteiger partial charge in [-0.3, -0.25) is 19.3 Å². The summed E-state index contributed by atoms with van der Waals surface area (Å²) in [6, 6.07) is 15.3. The average molecular weight is 464 g/mol. The summed E-state index contributed by atoms with van der Waals surface area (Å²) in [5.41, 5.74) is 4.98. The van der Waals surface area contributed by atoms with Crippen LogP contribution in [0.5, 0.6) is 0 Å². The summed E-state index contributed by atoms with van der Waals surface area (Å²) in [4.78, 5) is 38.9. The first-order chi connectivity index (χ1) is 15.7. The monoisotopic (exact) mass is 463 g/mol. The predicted octanol–water partition coefficient (Wildman–Crippen LogP) is 5.22. The molecule has 4 rings (SSSR count). The molecule has 1 aliphatic rings. The molecule has 2 aromatic carbocycles. The van der Waals surface area contributed by atoms with Gasteiger partial charge in [0.05, 0.1) is 4.91 Å². The van der Waals surface area contributed by atoms with E-state index in [0.29, 0.717) is 5.69 Å². The molecule has 0 bridgehead atoms. The van der Waals surface area contributed by atoms with Crippen molar-refractivity contribution in [2.45, 2.75) is 20.8 Å². The van der Waals surface area contributed by atoms with Crippen LogP contribution < -0.4 is 5.32 Å². The van der Waals surface area contributed by atoms with E-state index in [0.717, 1.165) is 44.9 Å². The average Bonchev–Trinajstić information content (AvgIpc) is 3.20. The van der Waals surface area contributed by atoms with Crippen molar-refractivity contribution in [3.63, 3.8) is 0 Å². The number of halogens is 1. The number of carbonyl (C=O) groups is 3. The van der Waals surface area contributed by atoms with Crippen molar-refractivity contribution in [2.75, 3.05) is 11.9 Å². The van der Waals surface area contributed by atoms with Gasteiger partial charge in [0, 0.05) is 22.8 Å². The summed E-state index contributed by atoms with van der Waals surface area (Å²) < 4.78 is 15.2. The quantitative estimate of drug-likeness (QED) is 0.527. The van der Waals surface area contributed by atoms with Crippen LogP contribution in [0, 0.1) is 26.6 Å². The molecule has 1 saturated heterocycles. The van der Waals surface area contributed by atoms with Gasteiger partial charge in [-0.1, -0.05) is 17.7 Å². The fraction of sp³-hybridized carbons (Fsp3) is 0.160. The van der Waals surface area contributed by atoms with Gasteiger partial charge < -0.3 is 9.88 Å². The predicted molar refractivity (Wildman–Crippen MR) is 128 cm³/mol. The van der Waals surface area contributed by atoms with Crippen LogP contribution in [0.3, 0.4) is 0 Å². The molecule has 3 amide bonds. The molecule has 3 aromatic rings. The standard InChI is InChI=1S/C25H22FN3O3S/c1-15-4-8-20(9-5-15)27-23(30)14-28-24(31)22(33-25(28)32)13-18-12-16(2)29(17(18)3)21-10-6-19(26)7-11-21/h4-13H,14H2,1-3H3,(H,27,30)/b22-13-. The number of nitrogens with zero attached hydrogens (tertiary/aromatic N) is 2. The molecule has 168 valence electrons. The van der Waals surface area contributed by atoms with E-state index in [-0.39, 0.29) is 17.3 Å². The van der Waals surface area contributed by atoms with Crippen molar-refractivity contribution in [2.24, 2.45) is 0 Å². The molecule has 2 heterocycles. The smallest absolute Gasteiger partial charge is 0.294 e. The van der Waals surface area contributed by atoms with E-state index in [2.05, 4.69) is 5.32 Å². The minimum Gasteiger partial charge on any atom is -0.325 e. The lowest BCUT2D eigenvalue weighted by atomic mass is 10.2. The minimum absolute atomic E-state index is 0.252. The molecule has 0 spiro atoms. The number of hydrogen-bond donors (Lipinski definition) is 1. The van der Waals surface area contributed by atoms with E-state index in [4.69, 9.17) is 0 Å². The Morgan fingerprint density at radius 3 is 2.36 bits per heavy atom. The Morgan fingerprint density at radius 1 is 1.03 bits per heavy atom. The van der Waals surface area contributed by atoms with Crippen molar-refractivity contribution < 1.29 is 18.8 Å². The van der Waals surface area contributed by atoms with Gasteiger partial charge in [-0.05, 0) is 86.6 Å². The largest absolute Gasteiger partial charge is 0.325 e. The number of thioether (sulfide) groups is 1. The highest BCUT2D eigenvalue weighted by Gasteiger charge is 2.36.